The first-order chi connectivity index (χ1) is 13.2. The van der Waals surface area contributed by atoms with Gasteiger partial charge in [-0.2, -0.15) is 0 Å². The number of amides is 1. The lowest BCUT2D eigenvalue weighted by Crippen LogP contribution is -2.11. The van der Waals surface area contributed by atoms with Crippen LogP contribution in [0.4, 0.5) is 16.4 Å². The molecule has 0 atom stereocenters. The number of thiophene rings is 1. The van der Waals surface area contributed by atoms with Crippen LogP contribution in [-0.2, 0) is 16.4 Å². The van der Waals surface area contributed by atoms with Crippen molar-refractivity contribution in [3.63, 3.8) is 0 Å². The fourth-order valence-corrected chi connectivity index (χ4v) is 4.28. The first-order valence-corrected chi connectivity index (χ1v) is 10.6. The number of benzene rings is 1. The molecule has 9 nitrogen and oxygen atoms in total. The van der Waals surface area contributed by atoms with Crippen molar-refractivity contribution in [1.29, 1.82) is 0 Å². The van der Waals surface area contributed by atoms with Gasteiger partial charge in [-0.05, 0) is 29.8 Å². The van der Waals surface area contributed by atoms with Crippen molar-refractivity contribution in [3.05, 3.63) is 70.2 Å². The van der Waals surface area contributed by atoms with Crippen molar-refractivity contribution in [2.45, 2.75) is 10.8 Å². The van der Waals surface area contributed by atoms with Crippen molar-refractivity contribution in [2.24, 2.45) is 0 Å². The minimum atomic E-state index is -3.55. The average Bonchev–Trinajstić information content (AvgIpc) is 3.29. The average molecular weight is 421 g/mol. The number of anilines is 2. The molecule has 0 spiro atoms. The lowest BCUT2D eigenvalue weighted by atomic mass is 10.2. The molecule has 0 unspecified atom stereocenters. The zero-order valence-corrected chi connectivity index (χ0v) is 16.2. The Morgan fingerprint density at radius 1 is 1.25 bits per heavy atom. The highest BCUT2D eigenvalue weighted by molar-refractivity contribution is 7.92. The molecule has 0 aliphatic carbocycles. The Kier molecular flexibility index (Phi) is 5.47. The molecule has 0 aliphatic heterocycles. The van der Waals surface area contributed by atoms with E-state index in [1.54, 1.807) is 30.3 Å². The number of carbonyl (C=O) groups is 1. The summed E-state index contributed by atoms with van der Waals surface area (Å²) in [6.07, 6.45) is 2.39. The van der Waals surface area contributed by atoms with E-state index >= 15 is 0 Å². The minimum absolute atomic E-state index is 0.0823. The molecule has 1 amide bonds. The van der Waals surface area contributed by atoms with Gasteiger partial charge in [-0.25, -0.2) is 8.42 Å². The van der Waals surface area contributed by atoms with Gasteiger partial charge in [0, 0.05) is 24.6 Å². The summed E-state index contributed by atoms with van der Waals surface area (Å²) in [5.41, 5.74) is 0.965. The van der Waals surface area contributed by atoms with E-state index in [4.69, 9.17) is 4.42 Å². The van der Waals surface area contributed by atoms with Crippen LogP contribution in [-0.4, -0.2) is 25.5 Å². The van der Waals surface area contributed by atoms with Gasteiger partial charge in [-0.1, -0.05) is 23.5 Å². The Hall–Kier alpha value is -3.18. The molecule has 0 saturated carbocycles. The fourth-order valence-electron chi connectivity index (χ4n) is 2.35. The number of nitro groups is 1. The Morgan fingerprint density at radius 3 is 2.68 bits per heavy atom. The van der Waals surface area contributed by atoms with E-state index in [9.17, 15) is 23.3 Å². The molecule has 3 aromatic rings. The normalized spacial score (nSPS) is 11.2. The molecule has 0 bridgehead atoms. The van der Waals surface area contributed by atoms with Gasteiger partial charge in [0.1, 0.15) is 4.21 Å². The van der Waals surface area contributed by atoms with Crippen LogP contribution in [0.3, 0.4) is 0 Å². The molecule has 11 heteroatoms. The van der Waals surface area contributed by atoms with Gasteiger partial charge in [0.15, 0.2) is 20.6 Å². The second-order valence-electron chi connectivity index (χ2n) is 5.79. The number of hydrogen-bond donors (Lipinski definition) is 2. The quantitative estimate of drug-likeness (QED) is 0.441. The third-order valence-electron chi connectivity index (χ3n) is 3.63. The van der Waals surface area contributed by atoms with E-state index in [1.165, 1.54) is 12.3 Å². The standard InChI is InChI=1S/C17H15N3O6S2/c1-28(24,25)15-9-13(20(22)23)17(27-15)18-10-11-4-2-5-12(8-11)19-16(21)14-6-3-7-26-14/h2-9,18H,10H2,1H3,(H,19,21). The van der Waals surface area contributed by atoms with Crippen LogP contribution in [0, 0.1) is 10.1 Å². The maximum atomic E-state index is 12.0. The maximum absolute atomic E-state index is 12.0. The number of rotatable bonds is 7. The topological polar surface area (TPSA) is 132 Å². The zero-order chi connectivity index (χ0) is 20.3. The van der Waals surface area contributed by atoms with Gasteiger partial charge in [-0.3, -0.25) is 14.9 Å². The molecule has 3 rings (SSSR count). The fraction of sp³-hybridized carbons (Fsp3) is 0.118. The second-order valence-corrected chi connectivity index (χ2v) is 9.09. The summed E-state index contributed by atoms with van der Waals surface area (Å²) < 4.78 is 28.3. The lowest BCUT2D eigenvalue weighted by molar-refractivity contribution is -0.383. The maximum Gasteiger partial charge on any atom is 0.304 e. The number of sulfone groups is 1. The summed E-state index contributed by atoms with van der Waals surface area (Å²) in [5.74, 6) is -0.229. The van der Waals surface area contributed by atoms with Crippen LogP contribution in [0.15, 0.2) is 57.4 Å². The van der Waals surface area contributed by atoms with E-state index in [1.807, 2.05) is 0 Å². The second kappa shape index (κ2) is 7.82. The largest absolute Gasteiger partial charge is 0.459 e. The summed E-state index contributed by atoms with van der Waals surface area (Å²) in [4.78, 5) is 22.6. The Morgan fingerprint density at radius 2 is 2.04 bits per heavy atom. The van der Waals surface area contributed by atoms with Crippen molar-refractivity contribution in [1.82, 2.24) is 0 Å². The van der Waals surface area contributed by atoms with Crippen LogP contribution in [0.5, 0.6) is 0 Å². The van der Waals surface area contributed by atoms with Crippen molar-refractivity contribution in [3.8, 4) is 0 Å². The molecule has 146 valence electrons. The number of nitrogens with one attached hydrogen (secondary N) is 2. The number of furan rings is 1. The Labute approximate surface area is 164 Å². The number of carbonyl (C=O) groups excluding carboxylic acids is 1. The summed E-state index contributed by atoms with van der Waals surface area (Å²) in [5, 5.41) is 16.9. The van der Waals surface area contributed by atoms with Crippen molar-refractivity contribution in [2.75, 3.05) is 16.9 Å². The summed E-state index contributed by atoms with van der Waals surface area (Å²) in [7, 11) is -3.55. The molecular weight excluding hydrogens is 406 g/mol. The predicted molar refractivity (Wildman–Crippen MR) is 105 cm³/mol. The molecule has 0 fully saturated rings. The molecular formula is C17H15N3O6S2. The highest BCUT2D eigenvalue weighted by Crippen LogP contribution is 2.37. The molecule has 2 aromatic heterocycles. The molecule has 0 saturated heterocycles. The SMILES string of the molecule is CS(=O)(=O)c1cc([N+](=O)[O-])c(NCc2cccc(NC(=O)c3ccco3)c2)s1. The van der Waals surface area contributed by atoms with Crippen LogP contribution in [0.2, 0.25) is 0 Å². The Bertz CT molecular complexity index is 1120. The van der Waals surface area contributed by atoms with Gasteiger partial charge in [0.25, 0.3) is 5.91 Å². The van der Waals surface area contributed by atoms with Crippen LogP contribution in [0.25, 0.3) is 0 Å². The van der Waals surface area contributed by atoms with Crippen molar-refractivity contribution >= 4 is 43.5 Å². The number of nitrogens with zero attached hydrogens (tertiary/aromatic N) is 1. The minimum Gasteiger partial charge on any atom is -0.459 e. The van der Waals surface area contributed by atoms with E-state index in [0.717, 1.165) is 29.2 Å². The van der Waals surface area contributed by atoms with Crippen LogP contribution in [0.1, 0.15) is 16.1 Å². The van der Waals surface area contributed by atoms with Gasteiger partial charge >= 0.3 is 5.69 Å². The first kappa shape index (κ1) is 19.6. The molecule has 2 heterocycles. The molecule has 28 heavy (non-hydrogen) atoms. The van der Waals surface area contributed by atoms with Crippen LogP contribution < -0.4 is 10.6 Å². The third kappa shape index (κ3) is 4.56. The van der Waals surface area contributed by atoms with Crippen LogP contribution >= 0.6 is 11.3 Å². The van der Waals surface area contributed by atoms with Gasteiger partial charge < -0.3 is 15.1 Å². The molecule has 1 aromatic carbocycles. The monoisotopic (exact) mass is 421 g/mol. The van der Waals surface area contributed by atoms with E-state index < -0.39 is 20.7 Å². The van der Waals surface area contributed by atoms with Gasteiger partial charge in [0.2, 0.25) is 0 Å². The van der Waals surface area contributed by atoms with E-state index in [2.05, 4.69) is 10.6 Å². The summed E-state index contributed by atoms with van der Waals surface area (Å²) in [6, 6.07) is 11.1. The number of hydrogen-bond acceptors (Lipinski definition) is 8. The van der Waals surface area contributed by atoms with E-state index in [-0.39, 0.29) is 27.2 Å². The molecule has 0 radical (unpaired) electrons. The zero-order valence-electron chi connectivity index (χ0n) is 14.5. The highest BCUT2D eigenvalue weighted by Gasteiger charge is 2.23. The summed E-state index contributed by atoms with van der Waals surface area (Å²) >= 11 is 0.804. The van der Waals surface area contributed by atoms with E-state index in [0.29, 0.717) is 5.69 Å². The predicted octanol–water partition coefficient (Wildman–Crippen LogP) is 3.52. The third-order valence-corrected chi connectivity index (χ3v) is 6.52. The molecule has 2 N–H and O–H groups in total. The van der Waals surface area contributed by atoms with Gasteiger partial charge in [0.05, 0.1) is 11.2 Å². The first-order valence-electron chi connectivity index (χ1n) is 7.90. The van der Waals surface area contributed by atoms with Gasteiger partial charge in [-0.15, -0.1) is 0 Å². The highest BCUT2D eigenvalue weighted by atomic mass is 32.2. The Balaban J connectivity index is 1.74. The summed E-state index contributed by atoms with van der Waals surface area (Å²) in [6.45, 7) is 0.203. The smallest absolute Gasteiger partial charge is 0.304 e. The lowest BCUT2D eigenvalue weighted by Gasteiger charge is -2.07. The molecule has 0 aliphatic rings. The van der Waals surface area contributed by atoms with Crippen molar-refractivity contribution < 1.29 is 22.6 Å².